The van der Waals surface area contributed by atoms with Gasteiger partial charge in [-0.05, 0) is 44.9 Å². The van der Waals surface area contributed by atoms with Gasteiger partial charge in [0.15, 0.2) is 11.5 Å². The van der Waals surface area contributed by atoms with E-state index in [1.165, 1.54) is 0 Å². The number of hydrogen-bond acceptors (Lipinski definition) is 4. The lowest BCUT2D eigenvalue weighted by Gasteiger charge is -2.23. The summed E-state index contributed by atoms with van der Waals surface area (Å²) in [4.78, 5) is 10.7. The van der Waals surface area contributed by atoms with Gasteiger partial charge in [-0.3, -0.25) is 4.79 Å². The van der Waals surface area contributed by atoms with E-state index < -0.39 is 12.0 Å². The molecular formula is C14H21NO4. The number of carboxylic acid groups (broad SMARTS) is 1. The van der Waals surface area contributed by atoms with Crippen LogP contribution in [0.2, 0.25) is 0 Å². The first-order valence-electron chi connectivity index (χ1n) is 6.07. The third-order valence-corrected chi connectivity index (χ3v) is 2.42. The van der Waals surface area contributed by atoms with Crippen molar-refractivity contribution in [3.63, 3.8) is 0 Å². The van der Waals surface area contributed by atoms with Gasteiger partial charge in [-0.1, -0.05) is 6.07 Å². The fraction of sp³-hybridized carbons (Fsp3) is 0.500. The van der Waals surface area contributed by atoms with Crippen molar-refractivity contribution in [3.05, 3.63) is 23.8 Å². The SMILES string of the molecule is COc1cc(CC(N)C(=O)O)ccc1OC(C)(C)C. The molecule has 1 unspecified atom stereocenters. The van der Waals surface area contributed by atoms with E-state index in [9.17, 15) is 4.79 Å². The summed E-state index contributed by atoms with van der Waals surface area (Å²) in [5.41, 5.74) is 5.98. The van der Waals surface area contributed by atoms with Crippen molar-refractivity contribution in [2.24, 2.45) is 5.73 Å². The summed E-state index contributed by atoms with van der Waals surface area (Å²) < 4.78 is 11.0. The minimum absolute atomic E-state index is 0.251. The summed E-state index contributed by atoms with van der Waals surface area (Å²) in [7, 11) is 1.55. The van der Waals surface area contributed by atoms with Crippen LogP contribution in [-0.4, -0.2) is 29.8 Å². The fourth-order valence-electron chi connectivity index (χ4n) is 1.59. The summed E-state index contributed by atoms with van der Waals surface area (Å²) in [5, 5.41) is 8.80. The Hall–Kier alpha value is -1.75. The highest BCUT2D eigenvalue weighted by Gasteiger charge is 2.17. The standard InChI is InChI=1S/C14H21NO4/c1-14(2,3)19-11-6-5-9(8-12(11)18-4)7-10(15)13(16)17/h5-6,8,10H,7,15H2,1-4H3,(H,16,17). The van der Waals surface area contributed by atoms with E-state index >= 15 is 0 Å². The van der Waals surface area contributed by atoms with Crippen LogP contribution in [0.3, 0.4) is 0 Å². The summed E-state index contributed by atoms with van der Waals surface area (Å²) in [5.74, 6) is 0.182. The van der Waals surface area contributed by atoms with Crippen LogP contribution in [0, 0.1) is 0 Å². The van der Waals surface area contributed by atoms with Gasteiger partial charge in [-0.15, -0.1) is 0 Å². The molecule has 0 radical (unpaired) electrons. The second-order valence-electron chi connectivity index (χ2n) is 5.35. The van der Waals surface area contributed by atoms with Gasteiger partial charge in [-0.25, -0.2) is 0 Å². The molecule has 1 atom stereocenters. The van der Waals surface area contributed by atoms with E-state index in [-0.39, 0.29) is 12.0 Å². The summed E-state index contributed by atoms with van der Waals surface area (Å²) in [6.45, 7) is 5.84. The molecule has 0 saturated heterocycles. The van der Waals surface area contributed by atoms with Gasteiger partial charge in [0, 0.05) is 0 Å². The molecule has 0 heterocycles. The maximum Gasteiger partial charge on any atom is 0.320 e. The lowest BCUT2D eigenvalue weighted by molar-refractivity contribution is -0.138. The Bertz CT molecular complexity index is 451. The Morgan fingerprint density at radius 2 is 2.00 bits per heavy atom. The van der Waals surface area contributed by atoms with E-state index in [1.807, 2.05) is 20.8 Å². The van der Waals surface area contributed by atoms with E-state index in [0.29, 0.717) is 11.5 Å². The van der Waals surface area contributed by atoms with Crippen LogP contribution < -0.4 is 15.2 Å². The topological polar surface area (TPSA) is 81.8 Å². The Morgan fingerprint density at radius 3 is 2.47 bits per heavy atom. The smallest absolute Gasteiger partial charge is 0.320 e. The monoisotopic (exact) mass is 267 g/mol. The summed E-state index contributed by atoms with van der Waals surface area (Å²) in [6, 6.07) is 4.41. The first-order valence-corrected chi connectivity index (χ1v) is 6.07. The normalized spacial score (nSPS) is 12.9. The molecule has 0 aromatic heterocycles. The summed E-state index contributed by atoms with van der Waals surface area (Å²) in [6.07, 6.45) is 0.251. The number of carboxylic acids is 1. The Kier molecular flexibility index (Phi) is 4.78. The molecule has 5 heteroatoms. The maximum atomic E-state index is 10.7. The van der Waals surface area contributed by atoms with Crippen LogP contribution in [-0.2, 0) is 11.2 Å². The molecule has 1 rings (SSSR count). The van der Waals surface area contributed by atoms with Crippen molar-refractivity contribution in [3.8, 4) is 11.5 Å². The van der Waals surface area contributed by atoms with Gasteiger partial charge in [0.05, 0.1) is 7.11 Å². The minimum Gasteiger partial charge on any atom is -0.493 e. The minimum atomic E-state index is -1.02. The molecule has 3 N–H and O–H groups in total. The Morgan fingerprint density at radius 1 is 1.37 bits per heavy atom. The second-order valence-corrected chi connectivity index (χ2v) is 5.35. The molecule has 0 spiro atoms. The van der Waals surface area contributed by atoms with Crippen molar-refractivity contribution in [1.29, 1.82) is 0 Å². The number of methoxy groups -OCH3 is 1. The van der Waals surface area contributed by atoms with Gasteiger partial charge >= 0.3 is 5.97 Å². The van der Waals surface area contributed by atoms with Gasteiger partial charge in [0.1, 0.15) is 11.6 Å². The molecule has 106 valence electrons. The Balaban J connectivity index is 2.93. The van der Waals surface area contributed by atoms with Crippen LogP contribution in [0.25, 0.3) is 0 Å². The van der Waals surface area contributed by atoms with E-state index in [2.05, 4.69) is 0 Å². The van der Waals surface area contributed by atoms with Crippen molar-refractivity contribution >= 4 is 5.97 Å². The van der Waals surface area contributed by atoms with E-state index in [1.54, 1.807) is 25.3 Å². The zero-order chi connectivity index (χ0) is 14.6. The number of ether oxygens (including phenoxy) is 2. The first kappa shape index (κ1) is 15.3. The van der Waals surface area contributed by atoms with E-state index in [4.69, 9.17) is 20.3 Å². The molecule has 0 aliphatic carbocycles. The second kappa shape index (κ2) is 5.93. The van der Waals surface area contributed by atoms with Gasteiger partial charge < -0.3 is 20.3 Å². The van der Waals surface area contributed by atoms with Crippen molar-refractivity contribution in [2.45, 2.75) is 38.8 Å². The predicted octanol–water partition coefficient (Wildman–Crippen LogP) is 1.83. The van der Waals surface area contributed by atoms with E-state index in [0.717, 1.165) is 5.56 Å². The third kappa shape index (κ3) is 4.79. The lowest BCUT2D eigenvalue weighted by Crippen LogP contribution is -2.32. The molecular weight excluding hydrogens is 246 g/mol. The first-order chi connectivity index (χ1) is 8.73. The largest absolute Gasteiger partial charge is 0.493 e. The third-order valence-electron chi connectivity index (χ3n) is 2.42. The highest BCUT2D eigenvalue weighted by atomic mass is 16.5. The van der Waals surface area contributed by atoms with Crippen molar-refractivity contribution in [1.82, 2.24) is 0 Å². The van der Waals surface area contributed by atoms with Crippen LogP contribution in [0.5, 0.6) is 11.5 Å². The molecule has 0 amide bonds. The zero-order valence-electron chi connectivity index (χ0n) is 11.8. The molecule has 0 bridgehead atoms. The Labute approximate surface area is 113 Å². The highest BCUT2D eigenvalue weighted by molar-refractivity contribution is 5.73. The molecule has 0 aliphatic heterocycles. The van der Waals surface area contributed by atoms with Crippen molar-refractivity contribution in [2.75, 3.05) is 7.11 Å². The molecule has 0 aliphatic rings. The fourth-order valence-corrected chi connectivity index (χ4v) is 1.59. The van der Waals surface area contributed by atoms with Gasteiger partial charge in [0.2, 0.25) is 0 Å². The number of rotatable bonds is 5. The number of carbonyl (C=O) groups is 1. The van der Waals surface area contributed by atoms with Gasteiger partial charge in [-0.2, -0.15) is 0 Å². The molecule has 0 fully saturated rings. The predicted molar refractivity (Wildman–Crippen MR) is 72.7 cm³/mol. The molecule has 5 nitrogen and oxygen atoms in total. The van der Waals surface area contributed by atoms with Crippen molar-refractivity contribution < 1.29 is 19.4 Å². The van der Waals surface area contributed by atoms with Crippen LogP contribution >= 0.6 is 0 Å². The highest BCUT2D eigenvalue weighted by Crippen LogP contribution is 2.31. The number of nitrogens with two attached hydrogens (primary N) is 1. The number of benzene rings is 1. The molecule has 1 aromatic rings. The van der Waals surface area contributed by atoms with Gasteiger partial charge in [0.25, 0.3) is 0 Å². The van der Waals surface area contributed by atoms with Crippen LogP contribution in [0.15, 0.2) is 18.2 Å². The van der Waals surface area contributed by atoms with Crippen LogP contribution in [0.4, 0.5) is 0 Å². The molecule has 1 aromatic carbocycles. The summed E-state index contributed by atoms with van der Waals surface area (Å²) >= 11 is 0. The number of aliphatic carboxylic acids is 1. The number of hydrogen-bond donors (Lipinski definition) is 2. The quantitative estimate of drug-likeness (QED) is 0.850. The molecule has 0 saturated carbocycles. The average Bonchev–Trinajstić information content (AvgIpc) is 2.29. The maximum absolute atomic E-state index is 10.7. The average molecular weight is 267 g/mol. The zero-order valence-corrected chi connectivity index (χ0v) is 11.8. The lowest BCUT2D eigenvalue weighted by atomic mass is 10.1. The van der Waals surface area contributed by atoms with Crippen LogP contribution in [0.1, 0.15) is 26.3 Å². The molecule has 19 heavy (non-hydrogen) atoms.